The number of carbonyl (C=O) groups is 1. The number of nitriles is 1. The van der Waals surface area contributed by atoms with Crippen LogP contribution >= 0.6 is 0 Å². The van der Waals surface area contributed by atoms with Crippen molar-refractivity contribution >= 4 is 11.7 Å². The Balaban J connectivity index is 2.22. The van der Waals surface area contributed by atoms with Gasteiger partial charge in [-0.25, -0.2) is 4.98 Å². The zero-order valence-corrected chi connectivity index (χ0v) is 10.1. The molecule has 2 heterocycles. The summed E-state index contributed by atoms with van der Waals surface area (Å²) in [6, 6.07) is 5.09. The number of nitrogens with zero attached hydrogens (tertiary/aromatic N) is 3. The van der Waals surface area contributed by atoms with Crippen LogP contribution in [-0.2, 0) is 9.53 Å². The van der Waals surface area contributed by atoms with Gasteiger partial charge in [-0.1, -0.05) is 0 Å². The minimum Gasteiger partial charge on any atom is -0.377 e. The van der Waals surface area contributed by atoms with E-state index >= 15 is 0 Å². The number of pyridine rings is 1. The lowest BCUT2D eigenvalue weighted by molar-refractivity contribution is -0.124. The molecule has 0 spiro atoms. The molecule has 0 aromatic carbocycles. The average molecular weight is 246 g/mol. The van der Waals surface area contributed by atoms with Gasteiger partial charge in [-0.15, -0.1) is 0 Å². The summed E-state index contributed by atoms with van der Waals surface area (Å²) in [6.45, 7) is 1.52. The third-order valence-electron chi connectivity index (χ3n) is 2.85. The normalized spacial score (nSPS) is 19.1. The number of morpholine rings is 1. The second-order valence-electron chi connectivity index (χ2n) is 3.92. The summed E-state index contributed by atoms with van der Waals surface area (Å²) in [7, 11) is 1.60. The summed E-state index contributed by atoms with van der Waals surface area (Å²) in [4.78, 5) is 17.9. The van der Waals surface area contributed by atoms with E-state index in [2.05, 4.69) is 10.3 Å². The molecule has 0 radical (unpaired) electrons. The second-order valence-corrected chi connectivity index (χ2v) is 3.92. The van der Waals surface area contributed by atoms with Gasteiger partial charge in [0.2, 0.25) is 5.91 Å². The molecule has 6 heteroatoms. The minimum absolute atomic E-state index is 0.0964. The quantitative estimate of drug-likeness (QED) is 0.788. The number of ether oxygens (including phenoxy) is 1. The standard InChI is InChI=1S/C12H14N4O2/c1-14-12(17)10-8-18-5-4-16(10)11-3-2-9(6-13)7-15-11/h2-3,7,10H,4-5,8H2,1H3,(H,14,17). The first-order valence-electron chi connectivity index (χ1n) is 5.68. The fraction of sp³-hybridized carbons (Fsp3) is 0.417. The van der Waals surface area contributed by atoms with Crippen LogP contribution in [0.15, 0.2) is 18.3 Å². The predicted molar refractivity (Wildman–Crippen MR) is 65.0 cm³/mol. The maximum absolute atomic E-state index is 11.8. The largest absolute Gasteiger partial charge is 0.377 e. The molecule has 0 aliphatic carbocycles. The molecule has 1 N–H and O–H groups in total. The molecule has 0 bridgehead atoms. The van der Waals surface area contributed by atoms with Gasteiger partial charge in [-0.2, -0.15) is 5.26 Å². The van der Waals surface area contributed by atoms with Crippen LogP contribution in [0.3, 0.4) is 0 Å². The molecule has 1 fully saturated rings. The van der Waals surface area contributed by atoms with E-state index in [1.807, 2.05) is 11.0 Å². The summed E-state index contributed by atoms with van der Waals surface area (Å²) in [5, 5.41) is 11.3. The maximum atomic E-state index is 11.8. The summed E-state index contributed by atoms with van der Waals surface area (Å²) in [5.74, 6) is 0.590. The molecule has 0 saturated carbocycles. The summed E-state index contributed by atoms with van der Waals surface area (Å²) in [6.07, 6.45) is 1.51. The molecule has 18 heavy (non-hydrogen) atoms. The molecule has 1 saturated heterocycles. The van der Waals surface area contributed by atoms with E-state index in [0.29, 0.717) is 31.1 Å². The van der Waals surface area contributed by atoms with Crippen LogP contribution < -0.4 is 10.2 Å². The van der Waals surface area contributed by atoms with Crippen LogP contribution in [0.5, 0.6) is 0 Å². The second kappa shape index (κ2) is 5.47. The Hall–Kier alpha value is -2.13. The van der Waals surface area contributed by atoms with Gasteiger partial charge >= 0.3 is 0 Å². The number of anilines is 1. The molecule has 1 aromatic rings. The lowest BCUT2D eigenvalue weighted by atomic mass is 10.2. The fourth-order valence-corrected chi connectivity index (χ4v) is 1.88. The Labute approximate surface area is 105 Å². The van der Waals surface area contributed by atoms with Gasteiger partial charge < -0.3 is 15.0 Å². The van der Waals surface area contributed by atoms with Crippen LogP contribution in [-0.4, -0.2) is 43.7 Å². The zero-order valence-electron chi connectivity index (χ0n) is 10.1. The van der Waals surface area contributed by atoms with E-state index in [4.69, 9.17) is 10.00 Å². The van der Waals surface area contributed by atoms with Gasteiger partial charge in [-0.05, 0) is 12.1 Å². The molecule has 1 unspecified atom stereocenters. The van der Waals surface area contributed by atoms with Gasteiger partial charge in [-0.3, -0.25) is 4.79 Å². The molecule has 94 valence electrons. The van der Waals surface area contributed by atoms with E-state index in [1.54, 1.807) is 19.2 Å². The van der Waals surface area contributed by atoms with Gasteiger partial charge in [0.1, 0.15) is 17.9 Å². The highest BCUT2D eigenvalue weighted by Crippen LogP contribution is 2.17. The lowest BCUT2D eigenvalue weighted by Crippen LogP contribution is -2.53. The fourth-order valence-electron chi connectivity index (χ4n) is 1.88. The van der Waals surface area contributed by atoms with Crippen molar-refractivity contribution in [3.63, 3.8) is 0 Å². The Morgan fingerprint density at radius 1 is 1.67 bits per heavy atom. The van der Waals surface area contributed by atoms with Crippen molar-refractivity contribution < 1.29 is 9.53 Å². The van der Waals surface area contributed by atoms with Crippen LogP contribution in [0, 0.1) is 11.3 Å². The Bertz CT molecular complexity index is 466. The summed E-state index contributed by atoms with van der Waals surface area (Å²) < 4.78 is 5.32. The first-order valence-corrected chi connectivity index (χ1v) is 5.68. The highest BCUT2D eigenvalue weighted by molar-refractivity contribution is 5.85. The van der Waals surface area contributed by atoms with E-state index in [9.17, 15) is 4.79 Å². The van der Waals surface area contributed by atoms with Crippen LogP contribution in [0.2, 0.25) is 0 Å². The SMILES string of the molecule is CNC(=O)C1COCCN1c1ccc(C#N)cn1. The highest BCUT2D eigenvalue weighted by atomic mass is 16.5. The number of hydrogen-bond acceptors (Lipinski definition) is 5. The van der Waals surface area contributed by atoms with Crippen LogP contribution in [0.1, 0.15) is 5.56 Å². The number of amides is 1. The molecule has 1 amide bonds. The van der Waals surface area contributed by atoms with Gasteiger partial charge in [0.15, 0.2) is 0 Å². The van der Waals surface area contributed by atoms with Crippen molar-refractivity contribution in [3.05, 3.63) is 23.9 Å². The topological polar surface area (TPSA) is 78.2 Å². The smallest absolute Gasteiger partial charge is 0.244 e. The number of aromatic nitrogens is 1. The first kappa shape index (κ1) is 12.3. The monoisotopic (exact) mass is 246 g/mol. The van der Waals surface area contributed by atoms with Gasteiger partial charge in [0, 0.05) is 19.8 Å². The van der Waals surface area contributed by atoms with Crippen molar-refractivity contribution in [1.29, 1.82) is 5.26 Å². The number of carbonyl (C=O) groups excluding carboxylic acids is 1. The van der Waals surface area contributed by atoms with E-state index in [0.717, 1.165) is 0 Å². The highest BCUT2D eigenvalue weighted by Gasteiger charge is 2.29. The maximum Gasteiger partial charge on any atom is 0.244 e. The van der Waals surface area contributed by atoms with Crippen LogP contribution in [0.25, 0.3) is 0 Å². The van der Waals surface area contributed by atoms with Crippen molar-refractivity contribution in [1.82, 2.24) is 10.3 Å². The van der Waals surface area contributed by atoms with Gasteiger partial charge in [0.05, 0.1) is 18.8 Å². The predicted octanol–water partition coefficient (Wildman–Crippen LogP) is -0.0955. The molecule has 1 aliphatic heterocycles. The average Bonchev–Trinajstić information content (AvgIpc) is 2.46. The Kier molecular flexibility index (Phi) is 3.75. The molecule has 2 rings (SSSR count). The Morgan fingerprint density at radius 3 is 3.11 bits per heavy atom. The van der Waals surface area contributed by atoms with E-state index in [-0.39, 0.29) is 11.9 Å². The zero-order chi connectivity index (χ0) is 13.0. The van der Waals surface area contributed by atoms with Crippen molar-refractivity contribution in [3.8, 4) is 6.07 Å². The number of likely N-dealkylation sites (N-methyl/N-ethyl adjacent to an activating group) is 1. The number of hydrogen-bond donors (Lipinski definition) is 1. The molecule has 1 aliphatic rings. The summed E-state index contributed by atoms with van der Waals surface area (Å²) in [5.41, 5.74) is 0.503. The van der Waals surface area contributed by atoms with Crippen molar-refractivity contribution in [2.24, 2.45) is 0 Å². The van der Waals surface area contributed by atoms with E-state index in [1.165, 1.54) is 6.20 Å². The molecular formula is C12H14N4O2. The molecular weight excluding hydrogens is 232 g/mol. The molecule has 6 nitrogen and oxygen atoms in total. The minimum atomic E-state index is -0.371. The molecule has 1 aromatic heterocycles. The van der Waals surface area contributed by atoms with Crippen molar-refractivity contribution in [2.75, 3.05) is 31.7 Å². The van der Waals surface area contributed by atoms with Gasteiger partial charge in [0.25, 0.3) is 0 Å². The molecule has 1 atom stereocenters. The number of nitrogens with one attached hydrogen (secondary N) is 1. The first-order chi connectivity index (χ1) is 8.76. The lowest BCUT2D eigenvalue weighted by Gasteiger charge is -2.35. The van der Waals surface area contributed by atoms with Crippen LogP contribution in [0.4, 0.5) is 5.82 Å². The third-order valence-corrected chi connectivity index (χ3v) is 2.85. The summed E-state index contributed by atoms with van der Waals surface area (Å²) >= 11 is 0. The van der Waals surface area contributed by atoms with E-state index < -0.39 is 0 Å². The number of rotatable bonds is 2. The third kappa shape index (κ3) is 2.41. The Morgan fingerprint density at radius 2 is 2.50 bits per heavy atom. The van der Waals surface area contributed by atoms with Crippen molar-refractivity contribution in [2.45, 2.75) is 6.04 Å².